The number of imide groups is 1. The van der Waals surface area contributed by atoms with Crippen molar-refractivity contribution in [3.8, 4) is 5.75 Å². The molecule has 1 heterocycles. The van der Waals surface area contributed by atoms with Crippen LogP contribution in [-0.2, 0) is 11.4 Å². The van der Waals surface area contributed by atoms with Gasteiger partial charge < -0.3 is 10.1 Å². The number of rotatable bonds is 6. The molecule has 0 aliphatic carbocycles. The lowest BCUT2D eigenvalue weighted by Gasteiger charge is -2.21. The van der Waals surface area contributed by atoms with Crippen molar-refractivity contribution >= 4 is 23.4 Å². The largest absolute Gasteiger partial charge is 0.489 e. The Hall–Kier alpha value is -3.93. The minimum absolute atomic E-state index is 0.321. The third kappa shape index (κ3) is 3.80. The average Bonchev–Trinajstić information content (AvgIpc) is 3.04. The molecule has 6 heteroatoms. The van der Waals surface area contributed by atoms with Crippen LogP contribution in [0, 0.1) is 0 Å². The van der Waals surface area contributed by atoms with Gasteiger partial charge in [-0.3, -0.25) is 19.3 Å². The SMILES string of the molecule is CC(C(=O)Nc1ccc(OCc2ccccc2)cc1)N1C(=O)c2ccccc2C1=O. The molecule has 3 aromatic rings. The monoisotopic (exact) mass is 400 g/mol. The lowest BCUT2D eigenvalue weighted by atomic mass is 10.1. The van der Waals surface area contributed by atoms with E-state index in [-0.39, 0.29) is 0 Å². The number of nitrogens with zero attached hydrogens (tertiary/aromatic N) is 1. The zero-order valence-corrected chi connectivity index (χ0v) is 16.4. The van der Waals surface area contributed by atoms with E-state index in [0.29, 0.717) is 29.2 Å². The van der Waals surface area contributed by atoms with Gasteiger partial charge in [-0.2, -0.15) is 0 Å². The summed E-state index contributed by atoms with van der Waals surface area (Å²) >= 11 is 0. The molecule has 0 saturated heterocycles. The first-order valence-electron chi connectivity index (χ1n) is 9.59. The summed E-state index contributed by atoms with van der Waals surface area (Å²) in [6.07, 6.45) is 0. The number of hydrogen-bond donors (Lipinski definition) is 1. The summed E-state index contributed by atoms with van der Waals surface area (Å²) < 4.78 is 5.73. The Labute approximate surface area is 174 Å². The molecule has 1 aliphatic heterocycles. The third-order valence-electron chi connectivity index (χ3n) is 4.96. The van der Waals surface area contributed by atoms with Gasteiger partial charge in [0.15, 0.2) is 0 Å². The Bertz CT molecular complexity index is 1060. The molecule has 150 valence electrons. The van der Waals surface area contributed by atoms with Crippen LogP contribution in [0.4, 0.5) is 5.69 Å². The standard InChI is InChI=1S/C24H20N2O4/c1-16(26-23(28)20-9-5-6-10-21(20)24(26)29)22(27)25-18-11-13-19(14-12-18)30-15-17-7-3-2-4-8-17/h2-14,16H,15H2,1H3,(H,25,27). The van der Waals surface area contributed by atoms with E-state index in [1.807, 2.05) is 30.3 Å². The first-order valence-corrected chi connectivity index (χ1v) is 9.59. The van der Waals surface area contributed by atoms with E-state index in [2.05, 4.69) is 5.32 Å². The molecule has 0 saturated carbocycles. The van der Waals surface area contributed by atoms with E-state index in [9.17, 15) is 14.4 Å². The van der Waals surface area contributed by atoms with Crippen molar-refractivity contribution in [1.82, 2.24) is 4.90 Å². The van der Waals surface area contributed by atoms with Crippen molar-refractivity contribution in [2.75, 3.05) is 5.32 Å². The van der Waals surface area contributed by atoms with Gasteiger partial charge in [-0.1, -0.05) is 42.5 Å². The van der Waals surface area contributed by atoms with E-state index < -0.39 is 23.8 Å². The molecule has 0 radical (unpaired) electrons. The predicted molar refractivity (Wildman–Crippen MR) is 112 cm³/mol. The van der Waals surface area contributed by atoms with Crippen LogP contribution >= 0.6 is 0 Å². The topological polar surface area (TPSA) is 75.7 Å². The van der Waals surface area contributed by atoms with Crippen molar-refractivity contribution in [2.24, 2.45) is 0 Å². The summed E-state index contributed by atoms with van der Waals surface area (Å²) in [6.45, 7) is 1.98. The summed E-state index contributed by atoms with van der Waals surface area (Å²) in [5, 5.41) is 2.75. The summed E-state index contributed by atoms with van der Waals surface area (Å²) in [6, 6.07) is 22.4. The Balaban J connectivity index is 1.38. The molecule has 0 aromatic heterocycles. The molecule has 1 unspecified atom stereocenters. The van der Waals surface area contributed by atoms with Crippen molar-refractivity contribution in [1.29, 1.82) is 0 Å². The first kappa shape index (κ1) is 19.4. The van der Waals surface area contributed by atoms with Crippen LogP contribution in [0.15, 0.2) is 78.9 Å². The van der Waals surface area contributed by atoms with E-state index >= 15 is 0 Å². The number of carbonyl (C=O) groups is 3. The maximum Gasteiger partial charge on any atom is 0.262 e. The number of amides is 3. The van der Waals surface area contributed by atoms with Crippen molar-refractivity contribution in [3.63, 3.8) is 0 Å². The van der Waals surface area contributed by atoms with Crippen LogP contribution in [0.5, 0.6) is 5.75 Å². The normalized spacial score (nSPS) is 13.7. The minimum Gasteiger partial charge on any atom is -0.489 e. The van der Waals surface area contributed by atoms with Gasteiger partial charge in [0, 0.05) is 5.69 Å². The predicted octanol–water partition coefficient (Wildman–Crippen LogP) is 3.89. The number of anilines is 1. The quantitative estimate of drug-likeness (QED) is 0.637. The second-order valence-corrected chi connectivity index (χ2v) is 6.99. The molecule has 3 aromatic carbocycles. The Morgan fingerprint density at radius 3 is 2.03 bits per heavy atom. The van der Waals surface area contributed by atoms with Gasteiger partial charge in [-0.25, -0.2) is 0 Å². The lowest BCUT2D eigenvalue weighted by Crippen LogP contribution is -2.45. The van der Waals surface area contributed by atoms with E-state index in [1.54, 1.807) is 48.5 Å². The van der Waals surface area contributed by atoms with Crippen LogP contribution < -0.4 is 10.1 Å². The molecular formula is C24H20N2O4. The lowest BCUT2D eigenvalue weighted by molar-refractivity contribution is -0.119. The number of fused-ring (bicyclic) bond motifs is 1. The molecular weight excluding hydrogens is 380 g/mol. The van der Waals surface area contributed by atoms with Gasteiger partial charge in [0.05, 0.1) is 11.1 Å². The highest BCUT2D eigenvalue weighted by atomic mass is 16.5. The maximum atomic E-state index is 12.6. The van der Waals surface area contributed by atoms with Crippen molar-refractivity contribution < 1.29 is 19.1 Å². The van der Waals surface area contributed by atoms with Crippen LogP contribution in [0.3, 0.4) is 0 Å². The number of nitrogens with one attached hydrogen (secondary N) is 1. The average molecular weight is 400 g/mol. The van der Waals surface area contributed by atoms with Gasteiger partial charge in [-0.15, -0.1) is 0 Å². The number of benzene rings is 3. The number of carbonyl (C=O) groups excluding carboxylic acids is 3. The third-order valence-corrected chi connectivity index (χ3v) is 4.96. The van der Waals surface area contributed by atoms with E-state index in [0.717, 1.165) is 10.5 Å². The highest BCUT2D eigenvalue weighted by Gasteiger charge is 2.40. The summed E-state index contributed by atoms with van der Waals surface area (Å²) in [5.41, 5.74) is 2.25. The van der Waals surface area contributed by atoms with Crippen LogP contribution in [0.1, 0.15) is 33.2 Å². The Kier molecular flexibility index (Phi) is 5.30. The zero-order chi connectivity index (χ0) is 21.1. The van der Waals surface area contributed by atoms with E-state index in [1.165, 1.54) is 6.92 Å². The highest BCUT2D eigenvalue weighted by molar-refractivity contribution is 6.23. The van der Waals surface area contributed by atoms with Crippen LogP contribution in [-0.4, -0.2) is 28.7 Å². The molecule has 4 rings (SSSR count). The number of ether oxygens (including phenoxy) is 1. The smallest absolute Gasteiger partial charge is 0.262 e. The second kappa shape index (κ2) is 8.21. The highest BCUT2D eigenvalue weighted by Crippen LogP contribution is 2.25. The fourth-order valence-corrected chi connectivity index (χ4v) is 3.30. The Morgan fingerprint density at radius 1 is 0.867 bits per heavy atom. The van der Waals surface area contributed by atoms with Gasteiger partial charge in [-0.05, 0) is 48.9 Å². The molecule has 3 amide bonds. The molecule has 0 fully saturated rings. The summed E-state index contributed by atoms with van der Waals surface area (Å²) in [7, 11) is 0. The van der Waals surface area contributed by atoms with Crippen molar-refractivity contribution in [3.05, 3.63) is 95.6 Å². The van der Waals surface area contributed by atoms with Gasteiger partial charge in [0.2, 0.25) is 5.91 Å². The van der Waals surface area contributed by atoms with E-state index in [4.69, 9.17) is 4.74 Å². The molecule has 1 N–H and O–H groups in total. The number of hydrogen-bond acceptors (Lipinski definition) is 4. The zero-order valence-electron chi connectivity index (χ0n) is 16.4. The van der Waals surface area contributed by atoms with Crippen LogP contribution in [0.25, 0.3) is 0 Å². The van der Waals surface area contributed by atoms with Gasteiger partial charge in [0.1, 0.15) is 18.4 Å². The van der Waals surface area contributed by atoms with Crippen molar-refractivity contribution in [2.45, 2.75) is 19.6 Å². The summed E-state index contributed by atoms with van der Waals surface area (Å²) in [4.78, 5) is 38.7. The Morgan fingerprint density at radius 2 is 1.43 bits per heavy atom. The molecule has 0 bridgehead atoms. The second-order valence-electron chi connectivity index (χ2n) is 6.99. The maximum absolute atomic E-state index is 12.6. The first-order chi connectivity index (χ1) is 14.5. The summed E-state index contributed by atoms with van der Waals surface area (Å²) in [5.74, 6) is -0.682. The fourth-order valence-electron chi connectivity index (χ4n) is 3.30. The molecule has 1 aliphatic rings. The van der Waals surface area contributed by atoms with Gasteiger partial charge >= 0.3 is 0 Å². The fraction of sp³-hybridized carbons (Fsp3) is 0.125. The van der Waals surface area contributed by atoms with Gasteiger partial charge in [0.25, 0.3) is 11.8 Å². The van der Waals surface area contributed by atoms with Crippen LogP contribution in [0.2, 0.25) is 0 Å². The minimum atomic E-state index is -0.939. The molecule has 30 heavy (non-hydrogen) atoms. The molecule has 1 atom stereocenters. The molecule has 0 spiro atoms. The molecule has 6 nitrogen and oxygen atoms in total.